The minimum Gasteiger partial charge on any atom is -0.310 e. The Morgan fingerprint density at radius 3 is 1.27 bits per heavy atom. The smallest absolute Gasteiger partial charge is 0.0719 e. The zero-order chi connectivity index (χ0) is 41.8. The first-order valence-corrected chi connectivity index (χ1v) is 22.0. The second-order valence-corrected chi connectivity index (χ2v) is 18.5. The molecule has 1 nitrogen and oxygen atoms in total. The van der Waals surface area contributed by atoms with E-state index < -0.39 is 5.41 Å². The van der Waals surface area contributed by atoms with E-state index in [-0.39, 0.29) is 10.8 Å². The predicted octanol–water partition coefficient (Wildman–Crippen LogP) is 15.8. The molecule has 0 saturated carbocycles. The molecule has 3 aliphatic carbocycles. The minimum absolute atomic E-state index is 0.0730. The molecule has 9 aromatic rings. The number of hydrogen-bond acceptors (Lipinski definition) is 1. The summed E-state index contributed by atoms with van der Waals surface area (Å²) in [5.41, 5.74) is 24.1. The zero-order valence-electron chi connectivity index (χ0n) is 35.7. The number of anilines is 3. The lowest BCUT2D eigenvalue weighted by Crippen LogP contribution is -2.40. The molecule has 0 saturated heterocycles. The summed E-state index contributed by atoms with van der Waals surface area (Å²) in [5.74, 6) is 0. The Hall–Kier alpha value is -7.22. The Morgan fingerprint density at radius 2 is 0.645 bits per heavy atom. The summed E-state index contributed by atoms with van der Waals surface area (Å²) in [4.78, 5) is 2.38. The van der Waals surface area contributed by atoms with Gasteiger partial charge in [0.15, 0.2) is 0 Å². The maximum Gasteiger partial charge on any atom is 0.0719 e. The molecule has 9 aromatic carbocycles. The Bertz CT molecular complexity index is 3170. The van der Waals surface area contributed by atoms with E-state index in [1.54, 1.807) is 0 Å². The van der Waals surface area contributed by atoms with Crippen LogP contribution in [0.25, 0.3) is 44.5 Å². The summed E-state index contributed by atoms with van der Waals surface area (Å²) in [5, 5.41) is 0. The van der Waals surface area contributed by atoms with Crippen molar-refractivity contribution < 1.29 is 0 Å². The summed E-state index contributed by atoms with van der Waals surface area (Å²) in [7, 11) is 0. The Balaban J connectivity index is 0.908. The maximum absolute atomic E-state index is 2.49. The van der Waals surface area contributed by atoms with Gasteiger partial charge in [-0.1, -0.05) is 198 Å². The van der Waals surface area contributed by atoms with Crippen LogP contribution in [0.5, 0.6) is 0 Å². The largest absolute Gasteiger partial charge is 0.310 e. The standard InChI is InChI=1S/C61H47N/c1-59(2)51-20-10-8-18-47(51)49-37-35-46(39-57(49)59)62(44-16-6-5-7-17-44)45-33-30-41(31-34-45)40-26-28-42(29-27-40)43-32-36-50-48-19-9-11-21-52(48)61(58(50)38-43)55-24-14-12-22-53(55)60(3,4)54-23-13-15-25-56(54)61/h5-39H,1-4H3. The quantitative estimate of drug-likeness (QED) is 0.168. The van der Waals surface area contributed by atoms with Crippen LogP contribution in [0.4, 0.5) is 17.1 Å². The third-order valence-electron chi connectivity index (χ3n) is 14.6. The van der Waals surface area contributed by atoms with Crippen molar-refractivity contribution in [1.29, 1.82) is 0 Å². The van der Waals surface area contributed by atoms with Gasteiger partial charge in [-0.05, 0) is 131 Å². The molecular weight excluding hydrogens is 747 g/mol. The lowest BCUT2D eigenvalue weighted by atomic mass is 9.55. The first-order chi connectivity index (χ1) is 30.3. The molecule has 0 aliphatic heterocycles. The summed E-state index contributed by atoms with van der Waals surface area (Å²) in [6.45, 7) is 9.48. The molecule has 0 unspecified atom stereocenters. The molecule has 3 aliphatic rings. The van der Waals surface area contributed by atoms with Crippen LogP contribution < -0.4 is 4.90 Å². The fourth-order valence-corrected chi connectivity index (χ4v) is 11.6. The van der Waals surface area contributed by atoms with E-state index in [1.165, 1.54) is 89.0 Å². The summed E-state index contributed by atoms with van der Waals surface area (Å²) in [6.07, 6.45) is 0. The van der Waals surface area contributed by atoms with Crippen molar-refractivity contribution >= 4 is 17.1 Å². The minimum atomic E-state index is -0.402. The maximum atomic E-state index is 2.49. The highest BCUT2D eigenvalue weighted by molar-refractivity contribution is 5.91. The topological polar surface area (TPSA) is 3.24 Å². The molecule has 0 aromatic heterocycles. The highest BCUT2D eigenvalue weighted by atomic mass is 15.1. The number of benzene rings is 9. The SMILES string of the molecule is CC1(C)c2ccccc2-c2ccc(N(c3ccccc3)c3ccc(-c4ccc(-c5ccc6c(c5)C5(c7ccccc7-6)c6ccccc6C(C)(C)c6ccccc65)cc4)cc3)cc21. The van der Waals surface area contributed by atoms with Crippen LogP contribution in [0.3, 0.4) is 0 Å². The summed E-state index contributed by atoms with van der Waals surface area (Å²) >= 11 is 0. The van der Waals surface area contributed by atoms with E-state index in [9.17, 15) is 0 Å². The lowest BCUT2D eigenvalue weighted by Gasteiger charge is -2.46. The highest BCUT2D eigenvalue weighted by Gasteiger charge is 2.53. The third-order valence-corrected chi connectivity index (χ3v) is 14.6. The van der Waals surface area contributed by atoms with Crippen LogP contribution in [-0.4, -0.2) is 0 Å². The number of rotatable bonds is 5. The van der Waals surface area contributed by atoms with Crippen LogP contribution in [0, 0.1) is 0 Å². The van der Waals surface area contributed by atoms with Crippen molar-refractivity contribution in [2.75, 3.05) is 4.90 Å². The lowest BCUT2D eigenvalue weighted by molar-refractivity contribution is 0.563. The predicted molar refractivity (Wildman–Crippen MR) is 259 cm³/mol. The monoisotopic (exact) mass is 793 g/mol. The molecular formula is C61H47N. The molecule has 1 heteroatoms. The fourth-order valence-electron chi connectivity index (χ4n) is 11.6. The van der Waals surface area contributed by atoms with Gasteiger partial charge >= 0.3 is 0 Å². The van der Waals surface area contributed by atoms with Gasteiger partial charge in [0.25, 0.3) is 0 Å². The molecule has 0 fully saturated rings. The molecule has 1 spiro atoms. The molecule has 0 N–H and O–H groups in total. The number of para-hydroxylation sites is 1. The number of fused-ring (bicyclic) bond motifs is 12. The van der Waals surface area contributed by atoms with Crippen molar-refractivity contribution in [2.45, 2.75) is 43.9 Å². The first kappa shape index (κ1) is 36.6. The fraction of sp³-hybridized carbons (Fsp3) is 0.115. The highest BCUT2D eigenvalue weighted by Crippen LogP contribution is 2.62. The van der Waals surface area contributed by atoms with Crippen molar-refractivity contribution in [3.8, 4) is 44.5 Å². The van der Waals surface area contributed by atoms with Crippen LogP contribution in [0.2, 0.25) is 0 Å². The van der Waals surface area contributed by atoms with Crippen LogP contribution >= 0.6 is 0 Å². The first-order valence-electron chi connectivity index (χ1n) is 22.0. The van der Waals surface area contributed by atoms with Gasteiger partial charge in [0.1, 0.15) is 0 Å². The van der Waals surface area contributed by atoms with Gasteiger partial charge < -0.3 is 4.90 Å². The molecule has 12 rings (SSSR count). The van der Waals surface area contributed by atoms with Crippen molar-refractivity contribution in [3.05, 3.63) is 257 Å². The average molecular weight is 794 g/mol. The van der Waals surface area contributed by atoms with Gasteiger partial charge in [-0.2, -0.15) is 0 Å². The molecule has 0 atom stereocenters. The Kier molecular flexibility index (Phi) is 7.91. The van der Waals surface area contributed by atoms with E-state index >= 15 is 0 Å². The molecule has 296 valence electrons. The van der Waals surface area contributed by atoms with Crippen molar-refractivity contribution in [1.82, 2.24) is 0 Å². The zero-order valence-corrected chi connectivity index (χ0v) is 35.7. The molecule has 62 heavy (non-hydrogen) atoms. The van der Waals surface area contributed by atoms with Gasteiger partial charge in [-0.3, -0.25) is 0 Å². The van der Waals surface area contributed by atoms with Gasteiger partial charge in [0.05, 0.1) is 5.41 Å². The van der Waals surface area contributed by atoms with E-state index in [0.29, 0.717) is 0 Å². The summed E-state index contributed by atoms with van der Waals surface area (Å²) in [6, 6.07) is 79.5. The second-order valence-electron chi connectivity index (χ2n) is 18.5. The third kappa shape index (κ3) is 5.09. The van der Waals surface area contributed by atoms with E-state index in [4.69, 9.17) is 0 Å². The van der Waals surface area contributed by atoms with Crippen molar-refractivity contribution in [2.24, 2.45) is 0 Å². The van der Waals surface area contributed by atoms with E-state index in [0.717, 1.165) is 17.1 Å². The second kappa shape index (κ2) is 13.4. The molecule has 0 heterocycles. The molecule has 0 amide bonds. The summed E-state index contributed by atoms with van der Waals surface area (Å²) < 4.78 is 0. The Labute approximate surface area is 365 Å². The van der Waals surface area contributed by atoms with Gasteiger partial charge in [-0.25, -0.2) is 0 Å². The van der Waals surface area contributed by atoms with Gasteiger partial charge in [-0.15, -0.1) is 0 Å². The van der Waals surface area contributed by atoms with Crippen LogP contribution in [-0.2, 0) is 16.2 Å². The number of nitrogens with zero attached hydrogens (tertiary/aromatic N) is 1. The Morgan fingerprint density at radius 1 is 0.258 bits per heavy atom. The van der Waals surface area contributed by atoms with Crippen LogP contribution in [0.1, 0.15) is 72.2 Å². The van der Waals surface area contributed by atoms with Gasteiger partial charge in [0, 0.05) is 27.9 Å². The molecule has 0 radical (unpaired) electrons. The van der Waals surface area contributed by atoms with E-state index in [1.807, 2.05) is 0 Å². The van der Waals surface area contributed by atoms with E-state index in [2.05, 4.69) is 245 Å². The normalized spacial score (nSPS) is 15.2. The van der Waals surface area contributed by atoms with Crippen molar-refractivity contribution in [3.63, 3.8) is 0 Å². The van der Waals surface area contributed by atoms with Crippen LogP contribution in [0.15, 0.2) is 212 Å². The average Bonchev–Trinajstić information content (AvgIpc) is 3.74. The van der Waals surface area contributed by atoms with Gasteiger partial charge in [0.2, 0.25) is 0 Å². The number of hydrogen-bond donors (Lipinski definition) is 0. The molecule has 0 bridgehead atoms.